The van der Waals surface area contributed by atoms with Gasteiger partial charge in [-0.2, -0.15) is 5.10 Å². The van der Waals surface area contributed by atoms with E-state index in [1.165, 1.54) is 11.1 Å². The number of rotatable bonds is 6. The van der Waals surface area contributed by atoms with Crippen LogP contribution in [0.4, 0.5) is 0 Å². The molecule has 0 atom stereocenters. The summed E-state index contributed by atoms with van der Waals surface area (Å²) in [5, 5.41) is 7.81. The van der Waals surface area contributed by atoms with Gasteiger partial charge in [0.15, 0.2) is 0 Å². The van der Waals surface area contributed by atoms with Crippen LogP contribution in [0.2, 0.25) is 0 Å². The van der Waals surface area contributed by atoms with Crippen LogP contribution in [-0.2, 0) is 31.3 Å². The van der Waals surface area contributed by atoms with Gasteiger partial charge in [-0.05, 0) is 42.2 Å². The zero-order chi connectivity index (χ0) is 18.7. The number of fused-ring (bicyclic) bond motifs is 1. The average molecular weight is 354 g/mol. The topological polar surface area (TPSA) is 46.9 Å². The third-order valence-electron chi connectivity index (χ3n) is 5.19. The van der Waals surface area contributed by atoms with E-state index in [-0.39, 0.29) is 11.3 Å². The van der Waals surface area contributed by atoms with Crippen molar-refractivity contribution in [3.05, 3.63) is 52.3 Å². The number of hydrogen-bond acceptors (Lipinski definition) is 2. The summed E-state index contributed by atoms with van der Waals surface area (Å²) in [6, 6.07) is 8.54. The molecule has 140 valence electrons. The van der Waals surface area contributed by atoms with Gasteiger partial charge in [0, 0.05) is 18.7 Å². The Morgan fingerprint density at radius 2 is 1.92 bits per heavy atom. The van der Waals surface area contributed by atoms with Gasteiger partial charge in [0.1, 0.15) is 5.69 Å². The lowest BCUT2D eigenvalue weighted by molar-refractivity contribution is 0.0938. The van der Waals surface area contributed by atoms with Crippen LogP contribution in [0, 0.1) is 0 Å². The molecule has 0 bridgehead atoms. The molecule has 1 aliphatic rings. The second kappa shape index (κ2) is 7.65. The van der Waals surface area contributed by atoms with E-state index in [1.807, 2.05) is 4.68 Å². The molecule has 0 unspecified atom stereocenters. The third-order valence-corrected chi connectivity index (χ3v) is 5.19. The van der Waals surface area contributed by atoms with Crippen molar-refractivity contribution in [2.45, 2.75) is 78.3 Å². The maximum atomic E-state index is 12.9. The van der Waals surface area contributed by atoms with Crippen LogP contribution < -0.4 is 5.32 Å². The Morgan fingerprint density at radius 3 is 2.58 bits per heavy atom. The van der Waals surface area contributed by atoms with E-state index in [9.17, 15) is 4.79 Å². The number of nitrogens with zero attached hydrogens (tertiary/aromatic N) is 2. The molecule has 2 aromatic rings. The van der Waals surface area contributed by atoms with Crippen molar-refractivity contribution in [1.29, 1.82) is 0 Å². The highest BCUT2D eigenvalue weighted by Crippen LogP contribution is 2.25. The smallest absolute Gasteiger partial charge is 0.270 e. The molecule has 1 aliphatic carbocycles. The number of unbranched alkanes of at least 4 members (excludes halogenated alkanes) is 1. The molecular formula is C22H31N3O. The Labute approximate surface area is 157 Å². The Bertz CT molecular complexity index is 766. The van der Waals surface area contributed by atoms with Gasteiger partial charge in [0.25, 0.3) is 5.91 Å². The summed E-state index contributed by atoms with van der Waals surface area (Å²) in [6.07, 6.45) is 5.25. The van der Waals surface area contributed by atoms with Gasteiger partial charge >= 0.3 is 0 Å². The lowest BCUT2D eigenvalue weighted by Crippen LogP contribution is -2.27. The number of amides is 1. The number of carbonyl (C=O) groups excluding carboxylic acids is 1. The molecule has 1 aromatic heterocycles. The van der Waals surface area contributed by atoms with Gasteiger partial charge < -0.3 is 5.32 Å². The first-order valence-corrected chi connectivity index (χ1v) is 9.86. The molecular weight excluding hydrogens is 322 g/mol. The summed E-state index contributed by atoms with van der Waals surface area (Å²) >= 11 is 0. The summed E-state index contributed by atoms with van der Waals surface area (Å²) in [4.78, 5) is 12.9. The monoisotopic (exact) mass is 353 g/mol. The zero-order valence-corrected chi connectivity index (χ0v) is 16.6. The first-order chi connectivity index (χ1) is 12.4. The standard InChI is InChI=1S/C22H31N3O/c1-5-6-14-25-20(18-8-7-9-19(18)24-25)21(26)23-15-16-10-12-17(13-11-16)22(2,3)4/h10-13H,5-9,14-15H2,1-4H3,(H,23,26). The fraction of sp³-hybridized carbons (Fsp3) is 0.545. The fourth-order valence-corrected chi connectivity index (χ4v) is 3.56. The van der Waals surface area contributed by atoms with Crippen molar-refractivity contribution in [2.75, 3.05) is 0 Å². The van der Waals surface area contributed by atoms with Crippen molar-refractivity contribution >= 4 is 5.91 Å². The van der Waals surface area contributed by atoms with Crippen molar-refractivity contribution < 1.29 is 4.79 Å². The lowest BCUT2D eigenvalue weighted by atomic mass is 9.87. The van der Waals surface area contributed by atoms with Gasteiger partial charge in [-0.1, -0.05) is 58.4 Å². The van der Waals surface area contributed by atoms with Crippen molar-refractivity contribution in [3.63, 3.8) is 0 Å². The summed E-state index contributed by atoms with van der Waals surface area (Å²) in [5.74, 6) is 0.0108. The van der Waals surface area contributed by atoms with Gasteiger partial charge in [-0.15, -0.1) is 0 Å². The number of aryl methyl sites for hydroxylation is 2. The Kier molecular flexibility index (Phi) is 5.49. The molecule has 0 saturated heterocycles. The molecule has 4 nitrogen and oxygen atoms in total. The first kappa shape index (κ1) is 18.7. The highest BCUT2D eigenvalue weighted by atomic mass is 16.2. The number of hydrogen-bond donors (Lipinski definition) is 1. The predicted molar refractivity (Wildman–Crippen MR) is 105 cm³/mol. The van der Waals surface area contributed by atoms with Gasteiger partial charge in [-0.25, -0.2) is 0 Å². The predicted octanol–water partition coefficient (Wildman–Crippen LogP) is 4.40. The Morgan fingerprint density at radius 1 is 1.19 bits per heavy atom. The molecule has 0 spiro atoms. The molecule has 0 aliphatic heterocycles. The number of aromatic nitrogens is 2. The normalized spacial score (nSPS) is 13.7. The lowest BCUT2D eigenvalue weighted by Gasteiger charge is -2.19. The Hall–Kier alpha value is -2.10. The van der Waals surface area contributed by atoms with Gasteiger partial charge in [0.2, 0.25) is 0 Å². The summed E-state index contributed by atoms with van der Waals surface area (Å²) < 4.78 is 1.94. The molecule has 0 radical (unpaired) electrons. The van der Waals surface area contributed by atoms with Crippen LogP contribution in [0.1, 0.15) is 79.8 Å². The molecule has 1 N–H and O–H groups in total. The summed E-state index contributed by atoms with van der Waals surface area (Å²) in [7, 11) is 0. The SMILES string of the molecule is CCCCn1nc2c(c1C(=O)NCc1ccc(C(C)(C)C)cc1)CCC2. The van der Waals surface area contributed by atoms with E-state index < -0.39 is 0 Å². The van der Waals surface area contributed by atoms with Crippen molar-refractivity contribution in [3.8, 4) is 0 Å². The van der Waals surface area contributed by atoms with E-state index in [2.05, 4.69) is 57.3 Å². The average Bonchev–Trinajstić information content (AvgIpc) is 3.18. The highest BCUT2D eigenvalue weighted by Gasteiger charge is 2.26. The minimum absolute atomic E-state index is 0.0108. The van der Waals surface area contributed by atoms with Gasteiger partial charge in [-0.3, -0.25) is 9.48 Å². The number of benzene rings is 1. The minimum Gasteiger partial charge on any atom is -0.347 e. The molecule has 0 saturated carbocycles. The second-order valence-corrected chi connectivity index (χ2v) is 8.33. The zero-order valence-electron chi connectivity index (χ0n) is 16.6. The van der Waals surface area contributed by atoms with Crippen LogP contribution in [0.15, 0.2) is 24.3 Å². The van der Waals surface area contributed by atoms with E-state index in [4.69, 9.17) is 5.10 Å². The summed E-state index contributed by atoms with van der Waals surface area (Å²) in [6.45, 7) is 10.2. The van der Waals surface area contributed by atoms with E-state index in [0.717, 1.165) is 55.6 Å². The molecule has 26 heavy (non-hydrogen) atoms. The fourth-order valence-electron chi connectivity index (χ4n) is 3.56. The van der Waals surface area contributed by atoms with Crippen molar-refractivity contribution in [2.24, 2.45) is 0 Å². The summed E-state index contributed by atoms with van der Waals surface area (Å²) in [5.41, 5.74) is 5.67. The number of nitrogens with one attached hydrogen (secondary N) is 1. The maximum Gasteiger partial charge on any atom is 0.270 e. The van der Waals surface area contributed by atoms with Crippen LogP contribution >= 0.6 is 0 Å². The molecule has 1 heterocycles. The van der Waals surface area contributed by atoms with Crippen LogP contribution in [0.3, 0.4) is 0 Å². The first-order valence-electron chi connectivity index (χ1n) is 9.86. The molecule has 1 amide bonds. The van der Waals surface area contributed by atoms with E-state index in [0.29, 0.717) is 6.54 Å². The van der Waals surface area contributed by atoms with Crippen LogP contribution in [-0.4, -0.2) is 15.7 Å². The second-order valence-electron chi connectivity index (χ2n) is 8.33. The molecule has 1 aromatic carbocycles. The van der Waals surface area contributed by atoms with Gasteiger partial charge in [0.05, 0.1) is 5.69 Å². The largest absolute Gasteiger partial charge is 0.347 e. The van der Waals surface area contributed by atoms with Crippen molar-refractivity contribution in [1.82, 2.24) is 15.1 Å². The maximum absolute atomic E-state index is 12.9. The highest BCUT2D eigenvalue weighted by molar-refractivity contribution is 5.94. The third kappa shape index (κ3) is 4.00. The van der Waals surface area contributed by atoms with Crippen LogP contribution in [0.25, 0.3) is 0 Å². The molecule has 3 rings (SSSR count). The molecule has 0 fully saturated rings. The van der Waals surface area contributed by atoms with E-state index >= 15 is 0 Å². The van der Waals surface area contributed by atoms with Crippen LogP contribution in [0.5, 0.6) is 0 Å². The quantitative estimate of drug-likeness (QED) is 0.837. The number of carbonyl (C=O) groups is 1. The molecule has 4 heteroatoms. The van der Waals surface area contributed by atoms with E-state index in [1.54, 1.807) is 0 Å². The minimum atomic E-state index is 0.0108. The Balaban J connectivity index is 1.70.